The number of nitrogens with zero attached hydrogens (tertiary/aromatic N) is 1. The van der Waals surface area contributed by atoms with Gasteiger partial charge in [0.05, 0.1) is 11.3 Å². The third-order valence-electron chi connectivity index (χ3n) is 3.66. The fraction of sp³-hybridized carbons (Fsp3) is 0.125. The number of rotatable bonds is 2. The van der Waals surface area contributed by atoms with Crippen molar-refractivity contribution >= 4 is 17.5 Å². The number of ether oxygens (including phenoxy) is 1. The van der Waals surface area contributed by atoms with E-state index in [2.05, 4.69) is 9.84 Å². The molecule has 3 N–H and O–H groups in total. The first-order valence-electron chi connectivity index (χ1n) is 7.12. The van der Waals surface area contributed by atoms with Gasteiger partial charge in [0.25, 0.3) is 0 Å². The number of anilines is 1. The lowest BCUT2D eigenvalue weighted by Gasteiger charge is -2.18. The Balaban J connectivity index is 2.15. The fourth-order valence-corrected chi connectivity index (χ4v) is 2.42. The minimum absolute atomic E-state index is 0.0246. The van der Waals surface area contributed by atoms with Gasteiger partial charge in [0, 0.05) is 17.2 Å². The van der Waals surface area contributed by atoms with Gasteiger partial charge in [0.1, 0.15) is 24.0 Å². The molecule has 1 aliphatic rings. The summed E-state index contributed by atoms with van der Waals surface area (Å²) in [6.07, 6.45) is -5.66. The summed E-state index contributed by atoms with van der Waals surface area (Å²) in [5.41, 5.74) is 4.77. The lowest BCUT2D eigenvalue weighted by atomic mass is 9.95. The molecule has 2 aromatic carbocycles. The number of benzene rings is 2. The van der Waals surface area contributed by atoms with E-state index in [1.54, 1.807) is 0 Å². The van der Waals surface area contributed by atoms with E-state index in [0.717, 1.165) is 18.2 Å². The average Bonchev–Trinajstić information content (AvgIpc) is 2.58. The summed E-state index contributed by atoms with van der Waals surface area (Å²) in [4.78, 5) is 10.9. The number of carbonyl (C=O) groups is 1. The van der Waals surface area contributed by atoms with Crippen molar-refractivity contribution in [3.05, 3.63) is 53.1 Å². The fourth-order valence-electron chi connectivity index (χ4n) is 2.42. The molecule has 0 spiro atoms. The number of hydrogen-bond donors (Lipinski definition) is 2. The van der Waals surface area contributed by atoms with Gasteiger partial charge < -0.3 is 10.5 Å². The SMILES string of the molecule is Nc1cc(-c2ccc(C3=NNC(=O)OC3)cc2C(F)(F)F)c(F)cc1F. The molecule has 10 heteroatoms. The minimum Gasteiger partial charge on any atom is -0.442 e. The van der Waals surface area contributed by atoms with Gasteiger partial charge >= 0.3 is 12.3 Å². The van der Waals surface area contributed by atoms with E-state index in [-0.39, 0.29) is 17.9 Å². The Hall–Kier alpha value is -3.17. The number of carbonyl (C=O) groups excluding carboxylic acids is 1. The molecular weight excluding hydrogens is 361 g/mol. The molecule has 0 bridgehead atoms. The number of hydrogen-bond acceptors (Lipinski definition) is 4. The molecule has 26 heavy (non-hydrogen) atoms. The Morgan fingerprint density at radius 2 is 1.81 bits per heavy atom. The van der Waals surface area contributed by atoms with Gasteiger partial charge in [-0.2, -0.15) is 18.3 Å². The molecule has 3 rings (SSSR count). The molecule has 0 radical (unpaired) electrons. The lowest BCUT2D eigenvalue weighted by Crippen LogP contribution is -2.30. The third kappa shape index (κ3) is 3.30. The highest BCUT2D eigenvalue weighted by atomic mass is 19.4. The topological polar surface area (TPSA) is 76.7 Å². The van der Waals surface area contributed by atoms with Crippen molar-refractivity contribution in [1.82, 2.24) is 5.43 Å². The number of hydrazone groups is 1. The largest absolute Gasteiger partial charge is 0.442 e. The van der Waals surface area contributed by atoms with Crippen molar-refractivity contribution in [3.63, 3.8) is 0 Å². The molecule has 0 saturated carbocycles. The quantitative estimate of drug-likeness (QED) is 0.625. The molecule has 0 aromatic heterocycles. The van der Waals surface area contributed by atoms with E-state index in [1.165, 1.54) is 6.07 Å². The average molecular weight is 371 g/mol. The van der Waals surface area contributed by atoms with Crippen molar-refractivity contribution in [2.45, 2.75) is 6.18 Å². The molecule has 136 valence electrons. The zero-order chi connectivity index (χ0) is 19.1. The summed E-state index contributed by atoms with van der Waals surface area (Å²) in [7, 11) is 0. The lowest BCUT2D eigenvalue weighted by molar-refractivity contribution is -0.137. The Morgan fingerprint density at radius 1 is 1.08 bits per heavy atom. The smallest absolute Gasteiger partial charge is 0.428 e. The summed E-state index contributed by atoms with van der Waals surface area (Å²) >= 11 is 0. The van der Waals surface area contributed by atoms with E-state index in [9.17, 15) is 26.7 Å². The highest BCUT2D eigenvalue weighted by molar-refractivity contribution is 6.04. The van der Waals surface area contributed by atoms with Crippen LogP contribution in [-0.2, 0) is 10.9 Å². The van der Waals surface area contributed by atoms with Crippen LogP contribution in [0.15, 0.2) is 35.4 Å². The van der Waals surface area contributed by atoms with Crippen molar-refractivity contribution in [2.24, 2.45) is 5.10 Å². The first-order valence-corrected chi connectivity index (χ1v) is 7.12. The van der Waals surface area contributed by atoms with Crippen molar-refractivity contribution in [3.8, 4) is 11.1 Å². The molecule has 0 aliphatic carbocycles. The molecule has 1 aliphatic heterocycles. The minimum atomic E-state index is -4.83. The summed E-state index contributed by atoms with van der Waals surface area (Å²) in [5, 5.41) is 3.63. The van der Waals surface area contributed by atoms with Crippen LogP contribution < -0.4 is 11.2 Å². The predicted octanol–water partition coefficient (Wildman–Crippen LogP) is 3.68. The molecule has 1 amide bonds. The highest BCUT2D eigenvalue weighted by Crippen LogP contribution is 2.39. The zero-order valence-electron chi connectivity index (χ0n) is 12.8. The van der Waals surface area contributed by atoms with Gasteiger partial charge in [-0.15, -0.1) is 0 Å². The summed E-state index contributed by atoms with van der Waals surface area (Å²) in [6.45, 7) is -0.319. The Morgan fingerprint density at radius 3 is 2.42 bits per heavy atom. The van der Waals surface area contributed by atoms with Crippen LogP contribution in [-0.4, -0.2) is 18.4 Å². The van der Waals surface area contributed by atoms with Crippen LogP contribution in [0.2, 0.25) is 0 Å². The molecule has 0 unspecified atom stereocenters. The first kappa shape index (κ1) is 17.6. The van der Waals surface area contributed by atoms with Gasteiger partial charge in [-0.05, 0) is 17.7 Å². The molecule has 5 nitrogen and oxygen atoms in total. The van der Waals surface area contributed by atoms with Gasteiger partial charge in [0.15, 0.2) is 0 Å². The van der Waals surface area contributed by atoms with Gasteiger partial charge in [0.2, 0.25) is 0 Å². The van der Waals surface area contributed by atoms with Crippen LogP contribution >= 0.6 is 0 Å². The predicted molar refractivity (Wildman–Crippen MR) is 82.2 cm³/mol. The Kier molecular flexibility index (Phi) is 4.26. The van der Waals surface area contributed by atoms with Gasteiger partial charge in [-0.1, -0.05) is 12.1 Å². The van der Waals surface area contributed by atoms with E-state index < -0.39 is 46.3 Å². The molecule has 0 atom stereocenters. The molecule has 2 aromatic rings. The normalized spacial score (nSPS) is 14.5. The number of halogens is 5. The van der Waals surface area contributed by atoms with E-state index in [4.69, 9.17) is 5.73 Å². The number of nitrogens with one attached hydrogen (secondary N) is 1. The van der Waals surface area contributed by atoms with Crippen molar-refractivity contribution in [2.75, 3.05) is 12.3 Å². The Labute approximate surface area is 143 Å². The molecular formula is C16H10F5N3O2. The van der Waals surface area contributed by atoms with E-state index in [0.29, 0.717) is 6.07 Å². The van der Waals surface area contributed by atoms with Crippen LogP contribution in [0.25, 0.3) is 11.1 Å². The first-order chi connectivity index (χ1) is 12.2. The second-order valence-corrected chi connectivity index (χ2v) is 5.36. The van der Waals surface area contributed by atoms with Gasteiger partial charge in [-0.25, -0.2) is 19.0 Å². The highest BCUT2D eigenvalue weighted by Gasteiger charge is 2.35. The van der Waals surface area contributed by atoms with E-state index in [1.807, 2.05) is 5.43 Å². The number of nitrogen functional groups attached to an aromatic ring is 1. The number of cyclic esters (lactones) is 1. The van der Waals surface area contributed by atoms with Crippen LogP contribution in [0.5, 0.6) is 0 Å². The maximum absolute atomic E-state index is 14.0. The second kappa shape index (κ2) is 6.28. The van der Waals surface area contributed by atoms with E-state index >= 15 is 0 Å². The number of alkyl halides is 3. The summed E-state index contributed by atoms with van der Waals surface area (Å²) in [5.74, 6) is -2.25. The maximum atomic E-state index is 14.0. The molecule has 0 saturated heterocycles. The number of nitrogens with two attached hydrogens (primary N) is 1. The third-order valence-corrected chi connectivity index (χ3v) is 3.66. The number of amides is 1. The monoisotopic (exact) mass is 371 g/mol. The van der Waals surface area contributed by atoms with Crippen LogP contribution in [0, 0.1) is 11.6 Å². The Bertz CT molecular complexity index is 925. The molecule has 0 fully saturated rings. The van der Waals surface area contributed by atoms with Crippen LogP contribution in [0.1, 0.15) is 11.1 Å². The zero-order valence-corrected chi connectivity index (χ0v) is 12.8. The van der Waals surface area contributed by atoms with Crippen LogP contribution in [0.4, 0.5) is 32.4 Å². The van der Waals surface area contributed by atoms with Crippen LogP contribution in [0.3, 0.4) is 0 Å². The standard InChI is InChI=1S/C16H10F5N3O2/c17-11-5-12(18)13(22)4-9(11)8-2-1-7(3-10(8)16(19,20)21)14-6-26-15(25)24-23-14/h1-5H,6,22H2,(H,24,25). The second-order valence-electron chi connectivity index (χ2n) is 5.36. The van der Waals surface area contributed by atoms with Crippen molar-refractivity contribution in [1.29, 1.82) is 0 Å². The van der Waals surface area contributed by atoms with Crippen molar-refractivity contribution < 1.29 is 31.5 Å². The molecule has 1 heterocycles. The van der Waals surface area contributed by atoms with Gasteiger partial charge in [-0.3, -0.25) is 0 Å². The summed E-state index contributed by atoms with van der Waals surface area (Å²) < 4.78 is 72.4. The summed E-state index contributed by atoms with van der Waals surface area (Å²) in [6, 6.07) is 4.24. The maximum Gasteiger partial charge on any atom is 0.428 e.